The second kappa shape index (κ2) is 2.26. The van der Waals surface area contributed by atoms with Crippen molar-refractivity contribution in [3.05, 3.63) is 12.7 Å². The lowest BCUT2D eigenvalue weighted by molar-refractivity contribution is 0.223. The Hall–Kier alpha value is -0.380. The smallest absolute Gasteiger partial charge is 0.140 e. The van der Waals surface area contributed by atoms with E-state index in [2.05, 4.69) is 6.58 Å². The van der Waals surface area contributed by atoms with Crippen molar-refractivity contribution in [3.8, 4) is 0 Å². The summed E-state index contributed by atoms with van der Waals surface area (Å²) < 4.78 is 0. The van der Waals surface area contributed by atoms with Crippen molar-refractivity contribution in [2.24, 2.45) is 11.5 Å². The van der Waals surface area contributed by atoms with E-state index in [1.165, 1.54) is 6.08 Å². The van der Waals surface area contributed by atoms with E-state index in [9.17, 15) is 0 Å². The molecule has 0 rings (SSSR count). The summed E-state index contributed by atoms with van der Waals surface area (Å²) in [6.45, 7) is 3.46. The maximum atomic E-state index is 5.44. The molecule has 0 spiro atoms. The molecule has 0 amide bonds. The summed E-state index contributed by atoms with van der Waals surface area (Å²) >= 11 is 0. The predicted molar refractivity (Wildman–Crippen MR) is 35.0 cm³/mol. The summed E-state index contributed by atoms with van der Waals surface area (Å²) in [5.41, 5.74) is 10.9. The summed E-state index contributed by atoms with van der Waals surface area (Å²) in [4.78, 5) is 1.68. The molecule has 3 nitrogen and oxygen atoms in total. The van der Waals surface area contributed by atoms with Crippen LogP contribution in [0.15, 0.2) is 12.7 Å². The number of likely N-dealkylation sites (N-methyl/N-ethyl adjacent to an activating group) is 1. The van der Waals surface area contributed by atoms with Gasteiger partial charge in [-0.25, -0.2) is 0 Å². The Labute approximate surface area is 49.9 Å². The second-order valence-corrected chi connectivity index (χ2v) is 1.99. The van der Waals surface area contributed by atoms with Gasteiger partial charge >= 0.3 is 0 Å². The van der Waals surface area contributed by atoms with Gasteiger partial charge in [-0.15, -0.1) is 0 Å². The number of nitrogens with zero attached hydrogens (tertiary/aromatic N) is 1. The molecule has 0 aliphatic carbocycles. The van der Waals surface area contributed by atoms with Crippen molar-refractivity contribution in [1.82, 2.24) is 4.90 Å². The minimum atomic E-state index is -0.861. The van der Waals surface area contributed by atoms with E-state index < -0.39 is 5.79 Å². The third kappa shape index (κ3) is 1.61. The molecule has 0 aliphatic heterocycles. The van der Waals surface area contributed by atoms with Gasteiger partial charge in [-0.05, 0) is 20.2 Å². The lowest BCUT2D eigenvalue weighted by Gasteiger charge is -2.27. The zero-order chi connectivity index (χ0) is 6.78. The van der Waals surface area contributed by atoms with Crippen molar-refractivity contribution in [2.75, 3.05) is 14.1 Å². The number of hydrogen-bond donors (Lipinski definition) is 2. The number of nitrogens with two attached hydrogens (primary N) is 2. The molecule has 0 fully saturated rings. The van der Waals surface area contributed by atoms with Crippen LogP contribution >= 0.6 is 0 Å². The maximum Gasteiger partial charge on any atom is 0.140 e. The van der Waals surface area contributed by atoms with Crippen LogP contribution < -0.4 is 11.5 Å². The highest BCUT2D eigenvalue weighted by molar-refractivity contribution is 4.91. The molecule has 0 saturated carbocycles. The molecule has 48 valence electrons. The van der Waals surface area contributed by atoms with E-state index in [0.717, 1.165) is 0 Å². The standard InChI is InChI=1S/C5H13N3/c1-4-5(6,7)8(2)3/h4H,1,6-7H2,2-3H3. The summed E-state index contributed by atoms with van der Waals surface area (Å²) in [6.07, 6.45) is 1.49. The molecule has 0 aromatic heterocycles. The third-order valence-electron chi connectivity index (χ3n) is 1.10. The molecular weight excluding hydrogens is 102 g/mol. The van der Waals surface area contributed by atoms with Crippen LogP contribution in [0.25, 0.3) is 0 Å². The quantitative estimate of drug-likeness (QED) is 0.370. The lowest BCUT2D eigenvalue weighted by Crippen LogP contribution is -2.58. The lowest BCUT2D eigenvalue weighted by atomic mass is 10.3. The first kappa shape index (κ1) is 7.62. The van der Waals surface area contributed by atoms with E-state index in [0.29, 0.717) is 0 Å². The van der Waals surface area contributed by atoms with Gasteiger partial charge in [0.25, 0.3) is 0 Å². The molecule has 0 heterocycles. The fraction of sp³-hybridized carbons (Fsp3) is 0.600. The highest BCUT2D eigenvalue weighted by Gasteiger charge is 2.14. The Balaban J connectivity index is 3.90. The first-order valence-corrected chi connectivity index (χ1v) is 2.39. The van der Waals surface area contributed by atoms with E-state index in [4.69, 9.17) is 11.5 Å². The third-order valence-corrected chi connectivity index (χ3v) is 1.10. The van der Waals surface area contributed by atoms with Crippen molar-refractivity contribution in [3.63, 3.8) is 0 Å². The van der Waals surface area contributed by atoms with Crippen LogP contribution in [0.5, 0.6) is 0 Å². The van der Waals surface area contributed by atoms with Gasteiger partial charge in [0.2, 0.25) is 0 Å². The van der Waals surface area contributed by atoms with Crippen LogP contribution in [0.4, 0.5) is 0 Å². The Morgan fingerprint density at radius 3 is 1.88 bits per heavy atom. The monoisotopic (exact) mass is 115 g/mol. The Bertz CT molecular complexity index is 85.7. The highest BCUT2D eigenvalue weighted by Crippen LogP contribution is 1.92. The normalized spacial score (nSPS) is 12.1. The van der Waals surface area contributed by atoms with Gasteiger partial charge in [0, 0.05) is 0 Å². The van der Waals surface area contributed by atoms with Gasteiger partial charge in [0.1, 0.15) is 5.79 Å². The number of rotatable bonds is 2. The van der Waals surface area contributed by atoms with Crippen LogP contribution in [0.3, 0.4) is 0 Å². The summed E-state index contributed by atoms with van der Waals surface area (Å²) in [7, 11) is 3.59. The molecule has 0 unspecified atom stereocenters. The summed E-state index contributed by atoms with van der Waals surface area (Å²) in [5, 5.41) is 0. The Morgan fingerprint density at radius 1 is 1.50 bits per heavy atom. The molecule has 0 aliphatic rings. The predicted octanol–water partition coefficient (Wildman–Crippen LogP) is -0.695. The van der Waals surface area contributed by atoms with Gasteiger partial charge in [-0.3, -0.25) is 16.4 Å². The van der Waals surface area contributed by atoms with Gasteiger partial charge in [0.05, 0.1) is 0 Å². The molecule has 0 saturated heterocycles. The van der Waals surface area contributed by atoms with Crippen LogP contribution in [0.2, 0.25) is 0 Å². The van der Waals surface area contributed by atoms with Crippen molar-refractivity contribution >= 4 is 0 Å². The average Bonchev–Trinajstić information content (AvgIpc) is 1.67. The average molecular weight is 115 g/mol. The SMILES string of the molecule is C=CC(N)(N)N(C)C. The van der Waals surface area contributed by atoms with Crippen LogP contribution in [0, 0.1) is 0 Å². The fourth-order valence-electron chi connectivity index (χ4n) is 0.183. The molecule has 0 aromatic carbocycles. The molecular formula is C5H13N3. The zero-order valence-corrected chi connectivity index (χ0v) is 5.39. The summed E-state index contributed by atoms with van der Waals surface area (Å²) in [5.74, 6) is -0.861. The molecule has 8 heavy (non-hydrogen) atoms. The molecule has 4 N–H and O–H groups in total. The minimum absolute atomic E-state index is 0.861. The molecule has 3 heteroatoms. The second-order valence-electron chi connectivity index (χ2n) is 1.99. The number of hydrogen-bond acceptors (Lipinski definition) is 3. The fourth-order valence-corrected chi connectivity index (χ4v) is 0.183. The van der Waals surface area contributed by atoms with Gasteiger partial charge in [-0.1, -0.05) is 6.58 Å². The Kier molecular flexibility index (Phi) is 2.15. The van der Waals surface area contributed by atoms with Gasteiger partial charge in [-0.2, -0.15) is 0 Å². The van der Waals surface area contributed by atoms with Crippen molar-refractivity contribution in [2.45, 2.75) is 5.79 Å². The minimum Gasteiger partial charge on any atom is -0.298 e. The van der Waals surface area contributed by atoms with Crippen LogP contribution in [0.1, 0.15) is 0 Å². The first-order valence-electron chi connectivity index (χ1n) is 2.39. The Morgan fingerprint density at radius 2 is 1.88 bits per heavy atom. The largest absolute Gasteiger partial charge is 0.298 e. The summed E-state index contributed by atoms with van der Waals surface area (Å²) in [6, 6.07) is 0. The molecule has 0 radical (unpaired) electrons. The molecule has 0 atom stereocenters. The zero-order valence-electron chi connectivity index (χ0n) is 5.39. The molecule has 0 aromatic rings. The molecule has 0 bridgehead atoms. The van der Waals surface area contributed by atoms with E-state index in [1.54, 1.807) is 19.0 Å². The van der Waals surface area contributed by atoms with E-state index >= 15 is 0 Å². The van der Waals surface area contributed by atoms with Gasteiger partial charge < -0.3 is 0 Å². The van der Waals surface area contributed by atoms with E-state index in [-0.39, 0.29) is 0 Å². The first-order chi connectivity index (χ1) is 3.50. The van der Waals surface area contributed by atoms with Crippen LogP contribution in [-0.4, -0.2) is 24.8 Å². The highest BCUT2D eigenvalue weighted by atomic mass is 15.3. The van der Waals surface area contributed by atoms with E-state index in [1.807, 2.05) is 0 Å². The van der Waals surface area contributed by atoms with Crippen LogP contribution in [-0.2, 0) is 0 Å². The van der Waals surface area contributed by atoms with Gasteiger partial charge in [0.15, 0.2) is 0 Å². The van der Waals surface area contributed by atoms with Crippen molar-refractivity contribution in [1.29, 1.82) is 0 Å². The topological polar surface area (TPSA) is 55.3 Å². The maximum absolute atomic E-state index is 5.44. The van der Waals surface area contributed by atoms with Crippen molar-refractivity contribution < 1.29 is 0 Å².